The Hall–Kier alpha value is -4.03. The van der Waals surface area contributed by atoms with Gasteiger partial charge in [0.2, 0.25) is 0 Å². The second-order valence-corrected chi connectivity index (χ2v) is 11.4. The minimum Gasteiger partial charge on any atom is -0.488 e. The van der Waals surface area contributed by atoms with Crippen molar-refractivity contribution < 1.29 is 23.4 Å². The van der Waals surface area contributed by atoms with Gasteiger partial charge in [0.15, 0.2) is 0 Å². The molecule has 0 spiro atoms. The normalized spacial score (nSPS) is 19.9. The summed E-state index contributed by atoms with van der Waals surface area (Å²) in [4.78, 5) is 6.03. The van der Waals surface area contributed by atoms with E-state index in [1.165, 1.54) is 12.3 Å². The molecule has 1 aliphatic carbocycles. The summed E-state index contributed by atoms with van der Waals surface area (Å²) in [5, 5.41) is 19.5. The van der Waals surface area contributed by atoms with Crippen molar-refractivity contribution in [2.45, 2.75) is 50.8 Å². The highest BCUT2D eigenvalue weighted by atomic mass is 35.5. The number of rotatable bonds is 8. The van der Waals surface area contributed by atoms with Gasteiger partial charge in [0.05, 0.1) is 16.7 Å². The van der Waals surface area contributed by atoms with Crippen LogP contribution >= 0.6 is 11.6 Å². The van der Waals surface area contributed by atoms with Crippen LogP contribution in [0.15, 0.2) is 73.1 Å². The third kappa shape index (κ3) is 6.35. The zero-order chi connectivity index (χ0) is 29.9. The van der Waals surface area contributed by atoms with Crippen LogP contribution in [0, 0.1) is 17.1 Å². The van der Waals surface area contributed by atoms with E-state index in [1.54, 1.807) is 36.5 Å². The van der Waals surface area contributed by atoms with Crippen LogP contribution in [0.3, 0.4) is 0 Å². The van der Waals surface area contributed by atoms with Gasteiger partial charge >= 0.3 is 0 Å². The number of aliphatic hydroxyl groups excluding tert-OH is 1. The lowest BCUT2D eigenvalue weighted by Gasteiger charge is -2.32. The highest BCUT2D eigenvalue weighted by molar-refractivity contribution is 6.32. The largest absolute Gasteiger partial charge is 0.488 e. The van der Waals surface area contributed by atoms with Crippen LogP contribution < -0.4 is 9.47 Å². The van der Waals surface area contributed by atoms with Gasteiger partial charge in [-0.3, -0.25) is 9.88 Å². The highest BCUT2D eigenvalue weighted by Gasteiger charge is 2.30. The molecule has 0 bridgehead atoms. The van der Waals surface area contributed by atoms with E-state index in [-0.39, 0.29) is 25.1 Å². The van der Waals surface area contributed by atoms with E-state index in [4.69, 9.17) is 21.1 Å². The predicted octanol–water partition coefficient (Wildman–Crippen LogP) is 6.96. The molecular formula is C34H30ClF2N3O3. The SMILES string of the molecule is N#Cc1cncc(COc2cc(O[C@H]3CCc4c(-c5ccccc5F)cccc43)c(Cl)cc2CN2CC[C@H](O)[C@@H](F)C2)c1. The molecule has 1 fully saturated rings. The highest BCUT2D eigenvalue weighted by Crippen LogP contribution is 2.43. The smallest absolute Gasteiger partial charge is 0.142 e. The number of ether oxygens (including phenoxy) is 2. The van der Waals surface area contributed by atoms with E-state index in [0.29, 0.717) is 53.6 Å². The Kier molecular flexibility index (Phi) is 8.57. The fourth-order valence-corrected chi connectivity index (χ4v) is 6.11. The van der Waals surface area contributed by atoms with Crippen molar-refractivity contribution in [1.82, 2.24) is 9.88 Å². The summed E-state index contributed by atoms with van der Waals surface area (Å²) in [6.45, 7) is 1.17. The molecule has 2 aliphatic rings. The van der Waals surface area contributed by atoms with Gasteiger partial charge in [0.1, 0.15) is 42.3 Å². The van der Waals surface area contributed by atoms with Crippen molar-refractivity contribution in [3.8, 4) is 28.7 Å². The van der Waals surface area contributed by atoms with Gasteiger partial charge in [-0.25, -0.2) is 8.78 Å². The number of halogens is 3. The Morgan fingerprint density at radius 1 is 1.05 bits per heavy atom. The molecule has 6 rings (SSSR count). The molecule has 0 unspecified atom stereocenters. The van der Waals surface area contributed by atoms with Crippen molar-refractivity contribution >= 4 is 11.6 Å². The third-order valence-electron chi connectivity index (χ3n) is 8.07. The Balaban J connectivity index is 1.28. The number of alkyl halides is 1. The molecular weight excluding hydrogens is 572 g/mol. The molecule has 6 nitrogen and oxygen atoms in total. The topological polar surface area (TPSA) is 78.6 Å². The fraction of sp³-hybridized carbons (Fsp3) is 0.294. The molecule has 3 aromatic carbocycles. The first-order valence-corrected chi connectivity index (χ1v) is 14.6. The van der Waals surface area contributed by atoms with Crippen LogP contribution in [-0.2, 0) is 19.6 Å². The van der Waals surface area contributed by atoms with Gasteiger partial charge in [-0.15, -0.1) is 0 Å². The standard InChI is InChI=1S/C34H30ClF2N3O3/c35-28-13-23(18-40-11-10-31(41)30(37)19-40)33(42-20-22-12-21(15-38)16-39-17-22)14-34(28)43-32-9-8-25-24(5-3-6-27(25)32)26-4-1-2-7-29(26)36/h1-7,12-14,16-17,30-32,41H,8-11,18-20H2/t30-,31-,32-/m0/s1. The zero-order valence-corrected chi connectivity index (χ0v) is 24.1. The Morgan fingerprint density at radius 2 is 1.88 bits per heavy atom. The molecule has 220 valence electrons. The van der Waals surface area contributed by atoms with Crippen LogP contribution in [0.25, 0.3) is 11.1 Å². The minimum absolute atomic E-state index is 0.105. The molecule has 43 heavy (non-hydrogen) atoms. The lowest BCUT2D eigenvalue weighted by molar-refractivity contribution is 0.00368. The number of benzene rings is 3. The number of pyridine rings is 1. The number of nitrogens with zero attached hydrogens (tertiary/aromatic N) is 3. The van der Waals surface area contributed by atoms with E-state index in [0.717, 1.165) is 34.2 Å². The molecule has 9 heteroatoms. The second-order valence-electron chi connectivity index (χ2n) is 11.0. The van der Waals surface area contributed by atoms with Crippen LogP contribution in [0.2, 0.25) is 5.02 Å². The molecule has 0 radical (unpaired) electrons. The first-order chi connectivity index (χ1) is 20.9. The maximum absolute atomic E-state index is 14.7. The number of aliphatic hydroxyl groups is 1. The molecule has 0 saturated carbocycles. The summed E-state index contributed by atoms with van der Waals surface area (Å²) in [5.74, 6) is 0.691. The summed E-state index contributed by atoms with van der Waals surface area (Å²) >= 11 is 6.77. The van der Waals surface area contributed by atoms with Gasteiger partial charge in [0.25, 0.3) is 0 Å². The number of piperidine rings is 1. The number of hydrogen-bond acceptors (Lipinski definition) is 6. The van der Waals surface area contributed by atoms with Crippen molar-refractivity contribution in [2.24, 2.45) is 0 Å². The minimum atomic E-state index is -1.33. The molecule has 1 saturated heterocycles. The van der Waals surface area contributed by atoms with E-state index >= 15 is 0 Å². The second kappa shape index (κ2) is 12.7. The monoisotopic (exact) mass is 601 g/mol. The van der Waals surface area contributed by atoms with Crippen LogP contribution in [0.4, 0.5) is 8.78 Å². The van der Waals surface area contributed by atoms with Gasteiger partial charge in [-0.2, -0.15) is 5.26 Å². The summed E-state index contributed by atoms with van der Waals surface area (Å²) in [6.07, 6.45) is 2.33. The fourth-order valence-electron chi connectivity index (χ4n) is 5.88. The number of fused-ring (bicyclic) bond motifs is 1. The quantitative estimate of drug-likeness (QED) is 0.235. The van der Waals surface area contributed by atoms with E-state index < -0.39 is 12.3 Å². The average Bonchev–Trinajstić information content (AvgIpc) is 3.43. The van der Waals surface area contributed by atoms with E-state index in [1.807, 2.05) is 29.2 Å². The van der Waals surface area contributed by atoms with Gasteiger partial charge in [-0.1, -0.05) is 48.0 Å². The number of likely N-dealkylation sites (tertiary alicyclic amines) is 1. The molecule has 3 atom stereocenters. The van der Waals surface area contributed by atoms with Crippen LogP contribution in [0.5, 0.6) is 11.5 Å². The molecule has 1 aromatic heterocycles. The summed E-state index contributed by atoms with van der Waals surface area (Å²) in [5.41, 5.74) is 5.36. The number of hydrogen-bond donors (Lipinski definition) is 1. The maximum Gasteiger partial charge on any atom is 0.142 e. The Morgan fingerprint density at radius 3 is 2.70 bits per heavy atom. The molecule has 2 heterocycles. The number of nitriles is 1. The maximum atomic E-state index is 14.7. The zero-order valence-electron chi connectivity index (χ0n) is 23.3. The molecule has 0 amide bonds. The Bertz CT molecular complexity index is 1680. The van der Waals surface area contributed by atoms with Gasteiger partial charge in [0, 0.05) is 54.8 Å². The molecule has 1 aliphatic heterocycles. The average molecular weight is 602 g/mol. The van der Waals surface area contributed by atoms with Crippen molar-refractivity contribution in [3.63, 3.8) is 0 Å². The lowest BCUT2D eigenvalue weighted by atomic mass is 9.96. The summed E-state index contributed by atoms with van der Waals surface area (Å²) < 4.78 is 41.7. The molecule has 1 N–H and O–H groups in total. The van der Waals surface area contributed by atoms with Crippen molar-refractivity contribution in [2.75, 3.05) is 13.1 Å². The summed E-state index contributed by atoms with van der Waals surface area (Å²) in [6, 6.07) is 19.9. The van der Waals surface area contributed by atoms with Crippen molar-refractivity contribution in [3.05, 3.63) is 112 Å². The predicted molar refractivity (Wildman–Crippen MR) is 159 cm³/mol. The van der Waals surface area contributed by atoms with Crippen molar-refractivity contribution in [1.29, 1.82) is 5.26 Å². The lowest BCUT2D eigenvalue weighted by Crippen LogP contribution is -2.44. The first-order valence-electron chi connectivity index (χ1n) is 14.3. The van der Waals surface area contributed by atoms with Crippen LogP contribution in [0.1, 0.15) is 46.8 Å². The van der Waals surface area contributed by atoms with Crippen LogP contribution in [-0.4, -0.2) is 40.4 Å². The molecule has 4 aromatic rings. The summed E-state index contributed by atoms with van der Waals surface area (Å²) in [7, 11) is 0. The number of aromatic nitrogens is 1. The van der Waals surface area contributed by atoms with E-state index in [9.17, 15) is 19.1 Å². The van der Waals surface area contributed by atoms with E-state index in [2.05, 4.69) is 11.1 Å². The van der Waals surface area contributed by atoms with Gasteiger partial charge < -0.3 is 14.6 Å². The first kappa shape index (κ1) is 29.1. The van der Waals surface area contributed by atoms with Gasteiger partial charge in [-0.05, 0) is 54.2 Å². The third-order valence-corrected chi connectivity index (χ3v) is 8.36. The Labute approximate surface area is 254 Å².